The Morgan fingerprint density at radius 2 is 1.82 bits per heavy atom. The van der Waals surface area contributed by atoms with E-state index in [2.05, 4.69) is 25.2 Å². The first-order valence-electron chi connectivity index (χ1n) is 13.0. The number of morpholine rings is 1. The third-order valence-corrected chi connectivity index (χ3v) is 7.15. The van der Waals surface area contributed by atoms with Gasteiger partial charge in [0.15, 0.2) is 17.3 Å². The number of fused-ring (bicyclic) bond motifs is 2. The molecule has 5 aromatic rings. The third kappa shape index (κ3) is 4.92. The highest BCUT2D eigenvalue weighted by atomic mass is 19.1. The highest BCUT2D eigenvalue weighted by Crippen LogP contribution is 2.42. The second-order valence-electron chi connectivity index (χ2n) is 9.77. The van der Waals surface area contributed by atoms with Crippen molar-refractivity contribution in [1.29, 1.82) is 0 Å². The lowest BCUT2D eigenvalue weighted by Crippen LogP contribution is -2.40. The van der Waals surface area contributed by atoms with E-state index in [1.165, 1.54) is 10.6 Å². The van der Waals surface area contributed by atoms with Crippen LogP contribution in [0.2, 0.25) is 0 Å². The number of halogens is 2. The van der Waals surface area contributed by atoms with Crippen molar-refractivity contribution >= 4 is 21.9 Å². The van der Waals surface area contributed by atoms with E-state index in [1.54, 1.807) is 25.5 Å². The quantitative estimate of drug-likeness (QED) is 0.220. The summed E-state index contributed by atoms with van der Waals surface area (Å²) < 4.78 is 41.3. The van der Waals surface area contributed by atoms with Crippen LogP contribution in [0.1, 0.15) is 5.56 Å². The molecule has 0 atom stereocenters. The maximum absolute atomic E-state index is 14.7. The molecule has 0 radical (unpaired) electrons. The predicted octanol–water partition coefficient (Wildman–Crippen LogP) is 3.20. The second kappa shape index (κ2) is 10.7. The smallest absolute Gasteiger partial charge is 0.323 e. The topological polar surface area (TPSA) is 120 Å². The van der Waals surface area contributed by atoms with Gasteiger partial charge in [0.2, 0.25) is 0 Å². The zero-order valence-corrected chi connectivity index (χ0v) is 21.8. The highest BCUT2D eigenvalue weighted by Gasteiger charge is 2.22. The van der Waals surface area contributed by atoms with Crippen molar-refractivity contribution in [1.82, 2.24) is 29.7 Å². The number of benzene rings is 2. The maximum atomic E-state index is 14.7. The molecule has 4 heterocycles. The fraction of sp³-hybridized carbons (Fsp3) is 0.286. The van der Waals surface area contributed by atoms with Gasteiger partial charge in [-0.25, -0.2) is 13.6 Å². The largest absolute Gasteiger partial charge is 0.451 e. The SMILES string of the molecule is Cn1cc(-c2cc(CNCCN3CCOCC3)c3[nH]c(=O)[nH]c3c2Oc2ccc(F)cc2F)c2cc[nH]c2c1=O. The number of H-pyrrole nitrogens is 3. The number of aromatic amines is 3. The lowest BCUT2D eigenvalue weighted by Gasteiger charge is -2.26. The molecular weight excluding hydrogens is 522 g/mol. The summed E-state index contributed by atoms with van der Waals surface area (Å²) in [4.78, 5) is 36.2. The van der Waals surface area contributed by atoms with E-state index < -0.39 is 17.3 Å². The number of pyridine rings is 1. The van der Waals surface area contributed by atoms with Gasteiger partial charge in [0.1, 0.15) is 16.9 Å². The molecule has 40 heavy (non-hydrogen) atoms. The van der Waals surface area contributed by atoms with E-state index in [0.717, 1.165) is 50.5 Å². The van der Waals surface area contributed by atoms with Gasteiger partial charge in [-0.05, 0) is 29.8 Å². The summed E-state index contributed by atoms with van der Waals surface area (Å²) in [7, 11) is 1.64. The van der Waals surface area contributed by atoms with Crippen molar-refractivity contribution in [2.75, 3.05) is 39.4 Å². The maximum Gasteiger partial charge on any atom is 0.323 e. The number of nitrogens with one attached hydrogen (secondary N) is 4. The van der Waals surface area contributed by atoms with Crippen LogP contribution in [0, 0.1) is 11.6 Å². The number of nitrogens with zero attached hydrogens (tertiary/aromatic N) is 2. The minimum atomic E-state index is -0.891. The Morgan fingerprint density at radius 1 is 1.02 bits per heavy atom. The molecule has 12 heteroatoms. The first kappa shape index (κ1) is 26.0. The Bertz CT molecular complexity index is 1820. The molecule has 10 nitrogen and oxygen atoms in total. The average Bonchev–Trinajstić information content (AvgIpc) is 3.59. The standard InChI is InChI=1S/C28H28F2N6O4/c1-35-15-20(18-4-5-32-24(18)27(35)37)19-12-16(14-31-6-7-36-8-10-39-11-9-36)23-25(34-28(38)33-23)26(19)40-22-3-2-17(29)13-21(22)30/h2-5,12-13,15,31-32H,6-11,14H2,1H3,(H2,33,34,38). The number of aromatic nitrogens is 4. The van der Waals surface area contributed by atoms with E-state index in [9.17, 15) is 18.4 Å². The van der Waals surface area contributed by atoms with Crippen molar-refractivity contribution in [2.24, 2.45) is 7.05 Å². The van der Waals surface area contributed by atoms with Crippen LogP contribution in [0.5, 0.6) is 11.5 Å². The summed E-state index contributed by atoms with van der Waals surface area (Å²) in [6, 6.07) is 6.65. The lowest BCUT2D eigenvalue weighted by molar-refractivity contribution is 0.0384. The Kier molecular flexibility index (Phi) is 6.96. The van der Waals surface area contributed by atoms with Crippen molar-refractivity contribution in [3.8, 4) is 22.6 Å². The van der Waals surface area contributed by atoms with Crippen LogP contribution in [-0.2, 0) is 18.3 Å². The molecule has 3 aromatic heterocycles. The number of imidazole rings is 1. The molecule has 0 amide bonds. The van der Waals surface area contributed by atoms with Gasteiger partial charge in [0.05, 0.1) is 18.7 Å². The van der Waals surface area contributed by atoms with Crippen LogP contribution in [0.4, 0.5) is 8.78 Å². The minimum Gasteiger partial charge on any atom is -0.451 e. The van der Waals surface area contributed by atoms with Gasteiger partial charge in [0, 0.05) is 74.7 Å². The van der Waals surface area contributed by atoms with E-state index in [4.69, 9.17) is 9.47 Å². The zero-order valence-electron chi connectivity index (χ0n) is 21.8. The van der Waals surface area contributed by atoms with Crippen LogP contribution < -0.4 is 21.3 Å². The number of hydrogen-bond donors (Lipinski definition) is 4. The Balaban J connectivity index is 1.47. The van der Waals surface area contributed by atoms with Crippen LogP contribution in [-0.4, -0.2) is 63.8 Å². The Hall–Kier alpha value is -4.26. The monoisotopic (exact) mass is 550 g/mol. The molecule has 0 aliphatic carbocycles. The summed E-state index contributed by atoms with van der Waals surface area (Å²) >= 11 is 0. The van der Waals surface area contributed by atoms with E-state index in [0.29, 0.717) is 46.2 Å². The summed E-state index contributed by atoms with van der Waals surface area (Å²) in [5, 5.41) is 4.08. The predicted molar refractivity (Wildman–Crippen MR) is 147 cm³/mol. The van der Waals surface area contributed by atoms with Gasteiger partial charge in [-0.3, -0.25) is 9.69 Å². The van der Waals surface area contributed by atoms with Crippen molar-refractivity contribution in [2.45, 2.75) is 6.54 Å². The van der Waals surface area contributed by atoms with Crippen LogP contribution in [0.15, 0.2) is 52.3 Å². The first-order valence-corrected chi connectivity index (χ1v) is 13.0. The number of hydrogen-bond acceptors (Lipinski definition) is 6. The molecular formula is C28H28F2N6O4. The van der Waals surface area contributed by atoms with Crippen LogP contribution in [0.25, 0.3) is 33.1 Å². The Labute approximate surface area is 226 Å². The normalized spacial score (nSPS) is 14.4. The van der Waals surface area contributed by atoms with Crippen molar-refractivity contribution in [3.63, 3.8) is 0 Å². The van der Waals surface area contributed by atoms with E-state index in [1.807, 2.05) is 6.07 Å². The number of rotatable bonds is 8. The fourth-order valence-electron chi connectivity index (χ4n) is 5.12. The van der Waals surface area contributed by atoms with Gasteiger partial charge >= 0.3 is 5.69 Å². The van der Waals surface area contributed by atoms with Gasteiger partial charge in [-0.1, -0.05) is 0 Å². The highest BCUT2D eigenvalue weighted by molar-refractivity contribution is 6.01. The molecule has 0 unspecified atom stereocenters. The third-order valence-electron chi connectivity index (χ3n) is 7.15. The molecule has 1 aliphatic heterocycles. The summed E-state index contributed by atoms with van der Waals surface area (Å²) in [6.07, 6.45) is 3.34. The number of aryl methyl sites for hydroxylation is 1. The first-order chi connectivity index (χ1) is 19.4. The molecule has 0 bridgehead atoms. The molecule has 2 aromatic carbocycles. The van der Waals surface area contributed by atoms with Crippen LogP contribution in [0.3, 0.4) is 0 Å². The Morgan fingerprint density at radius 3 is 2.62 bits per heavy atom. The molecule has 0 spiro atoms. The summed E-state index contributed by atoms with van der Waals surface area (Å²) in [6.45, 7) is 5.19. The van der Waals surface area contributed by atoms with Crippen molar-refractivity contribution in [3.05, 3.63) is 80.8 Å². The molecule has 1 saturated heterocycles. The molecule has 4 N–H and O–H groups in total. The lowest BCUT2D eigenvalue weighted by atomic mass is 9.98. The van der Waals surface area contributed by atoms with Gasteiger partial charge in [0.25, 0.3) is 5.56 Å². The summed E-state index contributed by atoms with van der Waals surface area (Å²) in [5.41, 5.74) is 2.48. The molecule has 6 rings (SSSR count). The van der Waals surface area contributed by atoms with Crippen molar-refractivity contribution < 1.29 is 18.3 Å². The van der Waals surface area contributed by atoms with E-state index >= 15 is 0 Å². The zero-order chi connectivity index (χ0) is 27.8. The second-order valence-corrected chi connectivity index (χ2v) is 9.77. The summed E-state index contributed by atoms with van der Waals surface area (Å²) in [5.74, 6) is -1.68. The van der Waals surface area contributed by atoms with E-state index in [-0.39, 0.29) is 17.1 Å². The average molecular weight is 551 g/mol. The molecule has 208 valence electrons. The van der Waals surface area contributed by atoms with Gasteiger partial charge in [-0.2, -0.15) is 0 Å². The van der Waals surface area contributed by atoms with Crippen LogP contribution >= 0.6 is 0 Å². The molecule has 1 fully saturated rings. The molecule has 1 aliphatic rings. The van der Waals surface area contributed by atoms with Gasteiger partial charge in [-0.15, -0.1) is 0 Å². The number of ether oxygens (including phenoxy) is 2. The fourth-order valence-corrected chi connectivity index (χ4v) is 5.12. The van der Waals surface area contributed by atoms with Gasteiger partial charge < -0.3 is 34.3 Å². The minimum absolute atomic E-state index is 0.164. The molecule has 0 saturated carbocycles.